The molecule has 9 radical (unpaired) electrons. The Kier molecular flexibility index (Phi) is 600. The first-order chi connectivity index (χ1) is 7.83. The van der Waals surface area contributed by atoms with Gasteiger partial charge in [-0.2, -0.15) is 0 Å². The van der Waals surface area contributed by atoms with Crippen LogP contribution >= 0.6 is 0 Å². The maximum absolute atomic E-state index is 9.63. The Hall–Kier alpha value is 0.0648. The Balaban J connectivity index is -0.00000000622. The third kappa shape index (κ3) is 2120000. The lowest BCUT2D eigenvalue weighted by atomic mass is 10.8. The molecule has 0 aliphatic rings. The van der Waals surface area contributed by atoms with Gasteiger partial charge in [0.1, 0.15) is 9.84 Å². The van der Waals surface area contributed by atoms with Gasteiger partial charge in [-0.25, -0.2) is 8.42 Å². The molecule has 0 unspecified atom stereocenters. The van der Waals surface area contributed by atoms with Crippen molar-refractivity contribution in [2.24, 2.45) is 0 Å². The Morgan fingerprint density at radius 1 is 0.652 bits per heavy atom. The van der Waals surface area contributed by atoms with Gasteiger partial charge in [0, 0.05) is 52.0 Å². The van der Waals surface area contributed by atoms with Gasteiger partial charge >= 0.3 is 0 Å². The molecular weight excluding hydrogens is 307 g/mol. The number of sulfone groups is 1. The summed E-state index contributed by atoms with van der Waals surface area (Å²) in [6, 6.07) is 0. The van der Waals surface area contributed by atoms with Crippen LogP contribution in [-0.2, 0) is 14.6 Å². The van der Waals surface area contributed by atoms with Crippen molar-refractivity contribution in [1.82, 2.24) is 5.32 Å². The van der Waals surface area contributed by atoms with Crippen molar-refractivity contribution in [3.8, 4) is 0 Å². The van der Waals surface area contributed by atoms with Gasteiger partial charge in [-0.15, -0.1) is 0 Å². The minimum atomic E-state index is -2.67. The summed E-state index contributed by atoms with van der Waals surface area (Å²) in [5.74, 6) is 0. The maximum Gasteiger partial charge on any atom is 0.144 e. The average Bonchev–Trinajstić information content (AvgIpc) is 2.26. The van der Waals surface area contributed by atoms with Crippen molar-refractivity contribution >= 4 is 35.1 Å². The summed E-state index contributed by atoms with van der Waals surface area (Å²) in [5, 5.41) is 2.75. The van der Waals surface area contributed by atoms with Crippen LogP contribution in [0.25, 0.3) is 0 Å². The second-order valence-corrected chi connectivity index (χ2v) is 4.34. The minimum absolute atomic E-state index is 0. The molecule has 0 bridgehead atoms. The normalized spacial score (nSPS) is 4.87. The summed E-state index contributed by atoms with van der Waals surface area (Å²) in [6.45, 7) is 12.0. The van der Waals surface area contributed by atoms with Crippen LogP contribution in [-0.4, -0.2) is 74.5 Å². The number of rotatable bonds is 0. The van der Waals surface area contributed by atoms with E-state index in [-0.39, 0.29) is 47.5 Å². The smallest absolute Gasteiger partial charge is 0.144 e. The molecule has 0 rings (SSSR count). The van der Waals surface area contributed by atoms with Gasteiger partial charge in [0.2, 0.25) is 0 Å². The zero-order valence-electron chi connectivity index (χ0n) is 15.9. The molecule has 0 saturated heterocycles. The third-order valence-corrected chi connectivity index (χ3v) is 0. The summed E-state index contributed by atoms with van der Waals surface area (Å²) in [6.07, 6.45) is 2.32. The largest absolute Gasteiger partial charge is 0.388 e. The van der Waals surface area contributed by atoms with Gasteiger partial charge in [0.15, 0.2) is 0 Å². The molecule has 1 N–H and O–H groups in total. The van der Waals surface area contributed by atoms with Crippen molar-refractivity contribution < 1.29 is 13.2 Å². The molecule has 0 spiro atoms. The lowest BCUT2D eigenvalue weighted by molar-refractivity contribution is 0.277. The first-order valence-electron chi connectivity index (χ1n) is 5.97. The average molecular weight is 356 g/mol. The van der Waals surface area contributed by atoms with Crippen LogP contribution in [0.3, 0.4) is 0 Å². The van der Waals surface area contributed by atoms with Crippen molar-refractivity contribution in [2.75, 3.05) is 40.8 Å². The zero-order valence-corrected chi connectivity index (χ0v) is 16.7. The lowest BCUT2D eigenvalue weighted by Crippen LogP contribution is -1.89. The molecule has 23 heavy (non-hydrogen) atoms. The topological polar surface area (TPSA) is 55.4 Å². The molecule has 0 aromatic heterocycles. The van der Waals surface area contributed by atoms with E-state index in [1.54, 1.807) is 14.2 Å². The standard InChI is InChI=1S/C2H7N.C2H6O2S.C2H6O.3C2H6.3CH4.3B/c1-3-2;1-5(2,3)4;1-3-2;3*1-2;;;;;;/h3H,1-2H3;1-2H3;1-2H3;3*1-2H3;3*1H4;;;. The summed E-state index contributed by atoms with van der Waals surface area (Å²) >= 11 is 0. The Morgan fingerprint density at radius 2 is 0.652 bits per heavy atom. The second kappa shape index (κ2) is 151. The van der Waals surface area contributed by atoms with E-state index >= 15 is 0 Å². The lowest BCUT2D eigenvalue weighted by Gasteiger charge is -1.69. The number of nitrogens with one attached hydrogen (secondary N) is 1. The van der Waals surface area contributed by atoms with Crippen LogP contribution in [0, 0.1) is 0 Å². The second-order valence-electron chi connectivity index (χ2n) is 2.05. The molecule has 0 atom stereocenters. The van der Waals surface area contributed by atoms with Gasteiger partial charge in [-0.05, 0) is 14.1 Å². The Morgan fingerprint density at radius 3 is 0.652 bits per heavy atom. The highest BCUT2D eigenvalue weighted by atomic mass is 32.2. The van der Waals surface area contributed by atoms with E-state index in [0.717, 1.165) is 12.5 Å². The predicted octanol–water partition coefficient (Wildman–Crippen LogP) is 3.60. The van der Waals surface area contributed by atoms with Crippen molar-refractivity contribution in [3.63, 3.8) is 0 Å². The highest BCUT2D eigenvalue weighted by molar-refractivity contribution is 7.89. The first kappa shape index (κ1) is 91.7. The van der Waals surface area contributed by atoms with Gasteiger partial charge < -0.3 is 10.1 Å². The van der Waals surface area contributed by atoms with Crippen molar-refractivity contribution in [2.45, 2.75) is 63.8 Å². The molecule has 0 aliphatic carbocycles. The molecule has 0 heterocycles. The van der Waals surface area contributed by atoms with E-state index in [2.05, 4.69) is 10.1 Å². The minimum Gasteiger partial charge on any atom is -0.388 e. The summed E-state index contributed by atoms with van der Waals surface area (Å²) in [4.78, 5) is 0. The fourth-order valence-corrected chi connectivity index (χ4v) is 0. The van der Waals surface area contributed by atoms with Gasteiger partial charge in [0.25, 0.3) is 0 Å². The zero-order chi connectivity index (χ0) is 15.9. The highest BCUT2D eigenvalue weighted by Crippen LogP contribution is 1.61. The molecular formula is C15H49B3NO3S. The third-order valence-electron chi connectivity index (χ3n) is 0. The Labute approximate surface area is 158 Å². The summed E-state index contributed by atoms with van der Waals surface area (Å²) in [7, 11) is 4.33. The molecule has 147 valence electrons. The van der Waals surface area contributed by atoms with Gasteiger partial charge in [-0.1, -0.05) is 63.8 Å². The quantitative estimate of drug-likeness (QED) is 0.674. The monoisotopic (exact) mass is 356 g/mol. The van der Waals surface area contributed by atoms with Gasteiger partial charge in [-0.3, -0.25) is 0 Å². The highest BCUT2D eigenvalue weighted by Gasteiger charge is 1.79. The Bertz CT molecular complexity index is 139. The SMILES string of the molecule is C.C.C.CC.CC.CC.CNC.COC.CS(C)(=O)=O.[B].[B].[B]. The van der Waals surface area contributed by atoms with E-state index in [4.69, 9.17) is 0 Å². The van der Waals surface area contributed by atoms with Crippen molar-refractivity contribution in [1.29, 1.82) is 0 Å². The van der Waals surface area contributed by atoms with E-state index in [0.29, 0.717) is 0 Å². The van der Waals surface area contributed by atoms with E-state index < -0.39 is 9.84 Å². The molecule has 0 amide bonds. The number of methoxy groups -OCH3 is 1. The van der Waals surface area contributed by atoms with Crippen LogP contribution < -0.4 is 5.32 Å². The summed E-state index contributed by atoms with van der Waals surface area (Å²) in [5.41, 5.74) is 0. The van der Waals surface area contributed by atoms with Gasteiger partial charge in [0.05, 0.1) is 0 Å². The molecule has 4 nitrogen and oxygen atoms in total. The number of hydrogen-bond donors (Lipinski definition) is 1. The van der Waals surface area contributed by atoms with Crippen molar-refractivity contribution in [3.05, 3.63) is 0 Å². The van der Waals surface area contributed by atoms with E-state index in [1.807, 2.05) is 55.6 Å². The molecule has 0 aromatic rings. The molecule has 0 aliphatic heterocycles. The maximum atomic E-state index is 9.63. The van der Waals surface area contributed by atoms with Crippen LogP contribution in [0.4, 0.5) is 0 Å². The molecule has 0 saturated carbocycles. The van der Waals surface area contributed by atoms with E-state index in [1.165, 1.54) is 0 Å². The number of hydrogen-bond acceptors (Lipinski definition) is 4. The number of ether oxygens (including phenoxy) is 1. The van der Waals surface area contributed by atoms with Crippen LogP contribution in [0.2, 0.25) is 0 Å². The molecule has 8 heteroatoms. The first-order valence-corrected chi connectivity index (χ1v) is 8.27. The summed E-state index contributed by atoms with van der Waals surface area (Å²) < 4.78 is 23.5. The van der Waals surface area contributed by atoms with Crippen LogP contribution in [0.1, 0.15) is 63.8 Å². The molecule has 0 fully saturated rings. The molecule has 0 aromatic carbocycles. The van der Waals surface area contributed by atoms with E-state index in [9.17, 15) is 8.42 Å². The van der Waals surface area contributed by atoms with Crippen LogP contribution in [0.15, 0.2) is 0 Å². The fraction of sp³-hybridized carbons (Fsp3) is 1.00. The predicted molar refractivity (Wildman–Crippen MR) is 120 cm³/mol. The fourth-order valence-electron chi connectivity index (χ4n) is 0. The van der Waals surface area contributed by atoms with Crippen LogP contribution in [0.5, 0.6) is 0 Å².